The maximum Gasteiger partial charge on any atom is 0.358 e. The van der Waals surface area contributed by atoms with Crippen LogP contribution >= 0.6 is 0 Å². The second-order valence-corrected chi connectivity index (χ2v) is 2.34. The first-order valence-electron chi connectivity index (χ1n) is 3.34. The molecule has 0 bridgehead atoms. The first-order valence-corrected chi connectivity index (χ1v) is 3.34. The molecule has 0 amide bonds. The molecule has 0 atom stereocenters. The molecule has 0 heterocycles. The van der Waals surface area contributed by atoms with Crippen LogP contribution < -0.4 is 5.73 Å². The van der Waals surface area contributed by atoms with E-state index in [1.54, 1.807) is 6.92 Å². The molecule has 3 heteroatoms. The molecule has 0 aliphatic heterocycles. The van der Waals surface area contributed by atoms with E-state index in [1.807, 2.05) is 13.8 Å². The van der Waals surface area contributed by atoms with Crippen molar-refractivity contribution < 1.29 is 9.53 Å². The average Bonchev–Trinajstić information content (AvgIpc) is 1.98. The normalized spacial score (nSPS) is 10.6. The van der Waals surface area contributed by atoms with Gasteiger partial charge in [0.05, 0.1) is 6.26 Å². The van der Waals surface area contributed by atoms with Crippen molar-refractivity contribution in [1.29, 1.82) is 0 Å². The molecular weight excluding hydrogens is 142 g/mol. The largest absolute Gasteiger partial charge is 0.430 e. The lowest BCUT2D eigenvalue weighted by molar-refractivity contribution is -0.133. The third-order valence-corrected chi connectivity index (χ3v) is 0.948. The van der Waals surface area contributed by atoms with E-state index in [0.717, 1.165) is 5.57 Å². The van der Waals surface area contributed by atoms with Crippen LogP contribution in [0.4, 0.5) is 0 Å². The maximum atomic E-state index is 10.8. The number of ether oxygens (including phenoxy) is 1. The maximum absolute atomic E-state index is 10.8. The van der Waals surface area contributed by atoms with Gasteiger partial charge in [0.25, 0.3) is 0 Å². The van der Waals surface area contributed by atoms with Gasteiger partial charge in [-0.3, -0.25) is 0 Å². The SMILES string of the molecule is C/C=C(\N)C(=O)OC=C(C)C. The number of rotatable bonds is 2. The first kappa shape index (κ1) is 9.75. The van der Waals surface area contributed by atoms with Gasteiger partial charge in [-0.1, -0.05) is 6.08 Å². The minimum Gasteiger partial charge on any atom is -0.430 e. The summed E-state index contributed by atoms with van der Waals surface area (Å²) in [5.74, 6) is -0.506. The summed E-state index contributed by atoms with van der Waals surface area (Å²) < 4.78 is 4.66. The lowest BCUT2D eigenvalue weighted by atomic mass is 10.4. The van der Waals surface area contributed by atoms with Gasteiger partial charge in [-0.15, -0.1) is 0 Å². The van der Waals surface area contributed by atoms with E-state index in [2.05, 4.69) is 4.74 Å². The molecule has 0 unspecified atom stereocenters. The van der Waals surface area contributed by atoms with E-state index < -0.39 is 5.97 Å². The summed E-state index contributed by atoms with van der Waals surface area (Å²) in [6.07, 6.45) is 2.87. The van der Waals surface area contributed by atoms with E-state index in [9.17, 15) is 4.79 Å². The number of nitrogens with two attached hydrogens (primary N) is 1. The Morgan fingerprint density at radius 3 is 2.36 bits per heavy atom. The molecule has 62 valence electrons. The van der Waals surface area contributed by atoms with Gasteiger partial charge in [0.1, 0.15) is 5.70 Å². The quantitative estimate of drug-likeness (QED) is 0.371. The second-order valence-electron chi connectivity index (χ2n) is 2.34. The highest BCUT2D eigenvalue weighted by molar-refractivity contribution is 5.87. The van der Waals surface area contributed by atoms with E-state index in [-0.39, 0.29) is 5.70 Å². The monoisotopic (exact) mass is 155 g/mol. The van der Waals surface area contributed by atoms with Crippen molar-refractivity contribution >= 4 is 5.97 Å². The Balaban J connectivity index is 4.00. The third-order valence-electron chi connectivity index (χ3n) is 0.948. The fourth-order valence-corrected chi connectivity index (χ4v) is 0.357. The number of hydrogen-bond acceptors (Lipinski definition) is 3. The summed E-state index contributed by atoms with van der Waals surface area (Å²) in [6, 6.07) is 0. The average molecular weight is 155 g/mol. The zero-order chi connectivity index (χ0) is 8.85. The van der Waals surface area contributed by atoms with Crippen molar-refractivity contribution in [2.24, 2.45) is 5.73 Å². The molecule has 2 N–H and O–H groups in total. The molecule has 0 fully saturated rings. The van der Waals surface area contributed by atoms with Crippen molar-refractivity contribution in [3.05, 3.63) is 23.6 Å². The lowest BCUT2D eigenvalue weighted by Crippen LogP contribution is -2.11. The first-order chi connectivity index (χ1) is 5.07. The summed E-state index contributed by atoms with van der Waals surface area (Å²) in [5.41, 5.74) is 6.31. The molecule has 0 aromatic rings. The van der Waals surface area contributed by atoms with Gasteiger partial charge >= 0.3 is 5.97 Å². The van der Waals surface area contributed by atoms with Crippen molar-refractivity contribution in [3.8, 4) is 0 Å². The zero-order valence-corrected chi connectivity index (χ0v) is 7.05. The van der Waals surface area contributed by atoms with E-state index in [0.29, 0.717) is 0 Å². The van der Waals surface area contributed by atoms with E-state index >= 15 is 0 Å². The summed E-state index contributed by atoms with van der Waals surface area (Å²) in [7, 11) is 0. The Morgan fingerprint density at radius 1 is 1.45 bits per heavy atom. The smallest absolute Gasteiger partial charge is 0.358 e. The highest BCUT2D eigenvalue weighted by Gasteiger charge is 2.01. The number of allylic oxidation sites excluding steroid dienone is 2. The van der Waals surface area contributed by atoms with Crippen molar-refractivity contribution in [2.75, 3.05) is 0 Å². The van der Waals surface area contributed by atoms with Gasteiger partial charge in [0.2, 0.25) is 0 Å². The summed E-state index contributed by atoms with van der Waals surface area (Å²) in [6.45, 7) is 5.34. The van der Waals surface area contributed by atoms with Crippen LogP contribution in [0.2, 0.25) is 0 Å². The molecule has 3 nitrogen and oxygen atoms in total. The fraction of sp³-hybridized carbons (Fsp3) is 0.375. The van der Waals surface area contributed by atoms with Crippen molar-refractivity contribution in [3.63, 3.8) is 0 Å². The highest BCUT2D eigenvalue weighted by atomic mass is 16.5. The Bertz CT molecular complexity index is 200. The standard InChI is InChI=1S/C8H13NO2/c1-4-7(9)8(10)11-5-6(2)3/h4-5H,9H2,1-3H3/b7-4-. The Kier molecular flexibility index (Phi) is 4.03. The van der Waals surface area contributed by atoms with Gasteiger partial charge in [0, 0.05) is 0 Å². The molecule has 0 aliphatic carbocycles. The molecule has 0 spiro atoms. The van der Waals surface area contributed by atoms with Crippen LogP contribution in [0.3, 0.4) is 0 Å². The summed E-state index contributed by atoms with van der Waals surface area (Å²) in [5, 5.41) is 0. The Labute approximate surface area is 66.5 Å². The second kappa shape index (κ2) is 4.55. The number of hydrogen-bond donors (Lipinski definition) is 1. The van der Waals surface area contributed by atoms with Gasteiger partial charge < -0.3 is 10.5 Å². The van der Waals surface area contributed by atoms with Crippen LogP contribution in [0.1, 0.15) is 20.8 Å². The molecule has 0 saturated heterocycles. The topological polar surface area (TPSA) is 52.3 Å². The van der Waals surface area contributed by atoms with Crippen molar-refractivity contribution in [2.45, 2.75) is 20.8 Å². The predicted molar refractivity (Wildman–Crippen MR) is 43.5 cm³/mol. The van der Waals surface area contributed by atoms with Gasteiger partial charge in [-0.2, -0.15) is 0 Å². The van der Waals surface area contributed by atoms with E-state index in [1.165, 1.54) is 12.3 Å². The number of carbonyl (C=O) groups is 1. The molecule has 0 rings (SSSR count). The number of carbonyl (C=O) groups excluding carboxylic acids is 1. The van der Waals surface area contributed by atoms with Gasteiger partial charge in [0.15, 0.2) is 0 Å². The van der Waals surface area contributed by atoms with Crippen LogP contribution in [-0.2, 0) is 9.53 Å². The van der Waals surface area contributed by atoms with E-state index in [4.69, 9.17) is 5.73 Å². The predicted octanol–water partition coefficient (Wildman–Crippen LogP) is 1.32. The fourth-order valence-electron chi connectivity index (χ4n) is 0.357. The third kappa shape index (κ3) is 4.19. The molecule has 0 aromatic carbocycles. The summed E-state index contributed by atoms with van der Waals surface area (Å²) >= 11 is 0. The van der Waals surface area contributed by atoms with Gasteiger partial charge in [-0.05, 0) is 26.3 Å². The lowest BCUT2D eigenvalue weighted by Gasteiger charge is -1.97. The molecule has 0 aromatic heterocycles. The molecular formula is C8H13NO2. The molecule has 0 radical (unpaired) electrons. The Morgan fingerprint density at radius 2 is 2.00 bits per heavy atom. The Hall–Kier alpha value is -1.25. The van der Waals surface area contributed by atoms with Crippen LogP contribution in [0.5, 0.6) is 0 Å². The highest BCUT2D eigenvalue weighted by Crippen LogP contribution is 1.94. The van der Waals surface area contributed by atoms with Crippen LogP contribution in [0, 0.1) is 0 Å². The molecule has 11 heavy (non-hydrogen) atoms. The summed E-state index contributed by atoms with van der Waals surface area (Å²) in [4.78, 5) is 10.8. The van der Waals surface area contributed by atoms with Gasteiger partial charge in [-0.25, -0.2) is 4.79 Å². The van der Waals surface area contributed by atoms with Crippen molar-refractivity contribution in [1.82, 2.24) is 0 Å². The van der Waals surface area contributed by atoms with Crippen LogP contribution in [-0.4, -0.2) is 5.97 Å². The minimum atomic E-state index is -0.506. The minimum absolute atomic E-state index is 0.127. The van der Waals surface area contributed by atoms with Crippen LogP contribution in [0.15, 0.2) is 23.6 Å². The molecule has 0 aliphatic rings. The number of esters is 1. The molecule has 0 saturated carbocycles. The zero-order valence-electron chi connectivity index (χ0n) is 7.05. The van der Waals surface area contributed by atoms with Crippen LogP contribution in [0.25, 0.3) is 0 Å².